The molecule has 1 aliphatic heterocycles. The number of benzene rings is 2. The molecule has 3 heterocycles. The van der Waals surface area contributed by atoms with E-state index in [9.17, 15) is 28.7 Å². The zero-order valence-corrected chi connectivity index (χ0v) is 22.7. The second-order valence-corrected chi connectivity index (χ2v) is 9.80. The maximum absolute atomic E-state index is 13.6. The Morgan fingerprint density at radius 2 is 1.74 bits per heavy atom. The Labute approximate surface area is 239 Å². The Hall–Kier alpha value is -5.26. The van der Waals surface area contributed by atoms with Gasteiger partial charge in [0.1, 0.15) is 23.4 Å². The highest BCUT2D eigenvalue weighted by Gasteiger charge is 2.38. The number of carbonyl (C=O) groups is 3. The summed E-state index contributed by atoms with van der Waals surface area (Å²) in [6.07, 6.45) is 4.31. The number of hydrogen-bond donors (Lipinski definition) is 1. The van der Waals surface area contributed by atoms with Crippen molar-refractivity contribution in [2.45, 2.75) is 18.9 Å². The van der Waals surface area contributed by atoms with Crippen LogP contribution in [-0.4, -0.2) is 71.7 Å². The van der Waals surface area contributed by atoms with E-state index in [2.05, 4.69) is 15.0 Å². The average Bonchev–Trinajstić information content (AvgIpc) is 3.03. The number of hydrogen-bond acceptors (Lipinski definition) is 8. The molecule has 1 unspecified atom stereocenters. The minimum Gasteiger partial charge on any atom is -0.501 e. The Morgan fingerprint density at radius 3 is 2.43 bits per heavy atom. The first-order valence-electron chi connectivity index (χ1n) is 13.2. The molecule has 1 fully saturated rings. The minimum atomic E-state index is -0.936. The smallest absolute Gasteiger partial charge is 0.296 e. The molecule has 2 aromatic heterocycles. The first-order valence-corrected chi connectivity index (χ1v) is 13.2. The van der Waals surface area contributed by atoms with Gasteiger partial charge in [-0.15, -0.1) is 0 Å². The van der Waals surface area contributed by atoms with Crippen LogP contribution in [0.25, 0.3) is 0 Å². The van der Waals surface area contributed by atoms with Crippen LogP contribution in [0.1, 0.15) is 55.2 Å². The van der Waals surface area contributed by atoms with Gasteiger partial charge in [0.15, 0.2) is 11.5 Å². The highest BCUT2D eigenvalue weighted by molar-refractivity contribution is 5.97. The monoisotopic (exact) mass is 570 g/mol. The summed E-state index contributed by atoms with van der Waals surface area (Å²) >= 11 is 0. The quantitative estimate of drug-likeness (QED) is 0.335. The van der Waals surface area contributed by atoms with Crippen LogP contribution < -0.4 is 5.56 Å². The second kappa shape index (κ2) is 12.1. The van der Waals surface area contributed by atoms with Gasteiger partial charge in [-0.2, -0.15) is 0 Å². The molecule has 11 nitrogen and oxygen atoms in total. The van der Waals surface area contributed by atoms with Gasteiger partial charge < -0.3 is 14.9 Å². The van der Waals surface area contributed by atoms with Gasteiger partial charge in [-0.1, -0.05) is 30.3 Å². The van der Waals surface area contributed by atoms with Gasteiger partial charge >= 0.3 is 0 Å². The molecule has 0 radical (unpaired) electrons. The lowest BCUT2D eigenvalue weighted by atomic mass is 10.0. The van der Waals surface area contributed by atoms with Gasteiger partial charge in [-0.25, -0.2) is 14.4 Å². The molecule has 12 heteroatoms. The number of carbonyl (C=O) groups excluding carboxylic acids is 3. The van der Waals surface area contributed by atoms with Crippen LogP contribution in [0.5, 0.6) is 5.75 Å². The fourth-order valence-corrected chi connectivity index (χ4v) is 4.88. The number of nitrogens with zero attached hydrogens (tertiary/aromatic N) is 6. The molecule has 0 saturated carbocycles. The molecule has 214 valence electrons. The van der Waals surface area contributed by atoms with Gasteiger partial charge in [-0.3, -0.25) is 28.7 Å². The van der Waals surface area contributed by atoms with Crippen molar-refractivity contribution in [3.05, 3.63) is 118 Å². The molecule has 1 saturated heterocycles. The molecular weight excluding hydrogens is 543 g/mol. The Balaban J connectivity index is 1.51. The van der Waals surface area contributed by atoms with Crippen LogP contribution in [0.4, 0.5) is 4.39 Å². The number of rotatable bonds is 7. The molecule has 1 N–H and O–H groups in total. The van der Waals surface area contributed by atoms with Crippen molar-refractivity contribution in [2.24, 2.45) is 7.05 Å². The Bertz CT molecular complexity index is 1680. The Kier molecular flexibility index (Phi) is 8.14. The van der Waals surface area contributed by atoms with E-state index in [0.717, 1.165) is 4.57 Å². The van der Waals surface area contributed by atoms with Gasteiger partial charge in [0.2, 0.25) is 5.75 Å². The number of halogens is 1. The lowest BCUT2D eigenvalue weighted by molar-refractivity contribution is 0.0358. The number of ketones is 1. The molecule has 4 aromatic rings. The molecule has 0 spiro atoms. The van der Waals surface area contributed by atoms with Crippen LogP contribution in [0.2, 0.25) is 0 Å². The molecule has 0 aliphatic carbocycles. The van der Waals surface area contributed by atoms with Crippen molar-refractivity contribution in [2.75, 3.05) is 19.6 Å². The van der Waals surface area contributed by atoms with Gasteiger partial charge in [-0.05, 0) is 36.2 Å². The number of amides is 2. The lowest BCUT2D eigenvalue weighted by Crippen LogP contribution is -2.53. The van der Waals surface area contributed by atoms with Crippen LogP contribution >= 0.6 is 0 Å². The first kappa shape index (κ1) is 28.3. The molecule has 1 aliphatic rings. The Morgan fingerprint density at radius 1 is 1.00 bits per heavy atom. The predicted octanol–water partition coefficient (Wildman–Crippen LogP) is 2.57. The van der Waals surface area contributed by atoms with E-state index >= 15 is 0 Å². The molecule has 2 aromatic carbocycles. The fraction of sp³-hybridized carbons (Fsp3) is 0.233. The first-order chi connectivity index (χ1) is 20.2. The zero-order valence-electron chi connectivity index (χ0n) is 22.7. The zero-order chi connectivity index (χ0) is 29.8. The van der Waals surface area contributed by atoms with Crippen molar-refractivity contribution in [1.82, 2.24) is 29.3 Å². The summed E-state index contributed by atoms with van der Waals surface area (Å²) in [6.45, 7) is 0.233. The normalized spacial score (nSPS) is 15.0. The SMILES string of the molecule is Cn1c(C2CN(C(=O)c3cnccn3)CCN2C(=O)c2ccccc2)nc(C(=O)CCc2ccc(F)cc2)c(O)c1=O. The third-order valence-corrected chi connectivity index (χ3v) is 7.15. The van der Waals surface area contributed by atoms with Gasteiger partial charge in [0.25, 0.3) is 17.4 Å². The summed E-state index contributed by atoms with van der Waals surface area (Å²) in [7, 11) is 1.38. The number of Topliss-reactive ketones (excluding diaryl/α,β-unsaturated/α-hetero) is 1. The van der Waals surface area contributed by atoms with E-state index in [1.807, 2.05) is 0 Å². The number of piperazine rings is 1. The van der Waals surface area contributed by atoms with Gasteiger partial charge in [0, 0.05) is 51.1 Å². The maximum Gasteiger partial charge on any atom is 0.296 e. The van der Waals surface area contributed by atoms with Crippen molar-refractivity contribution < 1.29 is 23.9 Å². The molecule has 0 bridgehead atoms. The average molecular weight is 571 g/mol. The van der Waals surface area contributed by atoms with Crippen LogP contribution in [-0.2, 0) is 13.5 Å². The summed E-state index contributed by atoms with van der Waals surface area (Å²) in [6, 6.07) is 13.3. The van der Waals surface area contributed by atoms with E-state index < -0.39 is 40.6 Å². The van der Waals surface area contributed by atoms with Crippen molar-refractivity contribution in [3.8, 4) is 5.75 Å². The van der Waals surface area contributed by atoms with E-state index in [0.29, 0.717) is 11.1 Å². The molecule has 42 heavy (non-hydrogen) atoms. The molecule has 5 rings (SSSR count). The van der Waals surface area contributed by atoms with Gasteiger partial charge in [0.05, 0.1) is 6.20 Å². The maximum atomic E-state index is 13.6. The number of aromatic nitrogens is 4. The molecule has 2 amide bonds. The van der Waals surface area contributed by atoms with Crippen LogP contribution in [0.3, 0.4) is 0 Å². The van der Waals surface area contributed by atoms with E-state index in [4.69, 9.17) is 0 Å². The van der Waals surface area contributed by atoms with E-state index in [1.54, 1.807) is 42.5 Å². The molecular formula is C30H27FN6O5. The summed E-state index contributed by atoms with van der Waals surface area (Å²) in [5, 5.41) is 10.6. The topological polar surface area (TPSA) is 139 Å². The van der Waals surface area contributed by atoms with Crippen molar-refractivity contribution >= 4 is 17.6 Å². The summed E-state index contributed by atoms with van der Waals surface area (Å²) < 4.78 is 14.4. The number of aromatic hydroxyl groups is 1. The van der Waals surface area contributed by atoms with Crippen molar-refractivity contribution in [1.29, 1.82) is 0 Å². The highest BCUT2D eigenvalue weighted by atomic mass is 19.1. The minimum absolute atomic E-state index is 0.0314. The second-order valence-electron chi connectivity index (χ2n) is 9.80. The lowest BCUT2D eigenvalue weighted by Gasteiger charge is -2.41. The third-order valence-electron chi connectivity index (χ3n) is 7.15. The number of aryl methyl sites for hydroxylation is 1. The predicted molar refractivity (Wildman–Crippen MR) is 148 cm³/mol. The van der Waals surface area contributed by atoms with Crippen LogP contribution in [0.15, 0.2) is 78.0 Å². The van der Waals surface area contributed by atoms with E-state index in [1.165, 1.54) is 47.6 Å². The van der Waals surface area contributed by atoms with Crippen LogP contribution in [0, 0.1) is 5.82 Å². The fourth-order valence-electron chi connectivity index (χ4n) is 4.88. The summed E-state index contributed by atoms with van der Waals surface area (Å²) in [4.78, 5) is 68.7. The largest absolute Gasteiger partial charge is 0.501 e. The summed E-state index contributed by atoms with van der Waals surface area (Å²) in [5.74, 6) is -2.55. The third kappa shape index (κ3) is 5.78. The highest BCUT2D eigenvalue weighted by Crippen LogP contribution is 2.28. The van der Waals surface area contributed by atoms with E-state index in [-0.39, 0.29) is 49.9 Å². The van der Waals surface area contributed by atoms with Crippen molar-refractivity contribution in [3.63, 3.8) is 0 Å². The standard InChI is InChI=1S/C30H27FN6O5/c1-35-27(34-25(26(39)30(35)42)24(38)12-9-19-7-10-21(31)11-8-19)23-18-36(29(41)22-17-32-13-14-33-22)15-16-37(23)28(40)20-5-3-2-4-6-20/h2-8,10-11,13-14,17,23,39H,9,12,15-16,18H2,1H3. The summed E-state index contributed by atoms with van der Waals surface area (Å²) in [5.41, 5.74) is -0.0911. The molecule has 1 atom stereocenters.